The van der Waals surface area contributed by atoms with Gasteiger partial charge in [-0.05, 0) is 31.4 Å². The second-order valence-corrected chi connectivity index (χ2v) is 6.40. The van der Waals surface area contributed by atoms with Crippen molar-refractivity contribution in [1.82, 2.24) is 0 Å². The van der Waals surface area contributed by atoms with Gasteiger partial charge in [0.1, 0.15) is 0 Å². The first kappa shape index (κ1) is 18.7. The Hall–Kier alpha value is -1.31. The number of hydrogen-bond donors (Lipinski definition) is 1. The van der Waals surface area contributed by atoms with E-state index in [0.717, 1.165) is 24.0 Å². The maximum atomic E-state index is 11.2. The van der Waals surface area contributed by atoms with E-state index < -0.39 is 5.97 Å². The predicted octanol–water partition coefficient (Wildman–Crippen LogP) is 6.16. The Morgan fingerprint density at radius 1 is 0.909 bits per heavy atom. The summed E-state index contributed by atoms with van der Waals surface area (Å²) in [6, 6.07) is 5.64. The number of rotatable bonds is 12. The van der Waals surface area contributed by atoms with Crippen molar-refractivity contribution in [2.45, 2.75) is 84.5 Å². The molecule has 0 amide bonds. The molecule has 1 N–H and O–H groups in total. The van der Waals surface area contributed by atoms with Gasteiger partial charge in [0.15, 0.2) is 0 Å². The van der Waals surface area contributed by atoms with E-state index in [9.17, 15) is 9.90 Å². The van der Waals surface area contributed by atoms with Crippen molar-refractivity contribution in [2.75, 3.05) is 0 Å². The van der Waals surface area contributed by atoms with Crippen molar-refractivity contribution >= 4 is 5.97 Å². The lowest BCUT2D eigenvalue weighted by Gasteiger charge is -2.07. The van der Waals surface area contributed by atoms with E-state index in [1.807, 2.05) is 19.1 Å². The fraction of sp³-hybridized carbons (Fsp3) is 0.650. The van der Waals surface area contributed by atoms with Crippen molar-refractivity contribution in [1.29, 1.82) is 0 Å². The molecule has 0 radical (unpaired) electrons. The molecular weight excluding hydrogens is 272 g/mol. The molecule has 0 heterocycles. The van der Waals surface area contributed by atoms with Crippen LogP contribution in [0.1, 0.15) is 92.6 Å². The Morgan fingerprint density at radius 3 is 2.00 bits per heavy atom. The van der Waals surface area contributed by atoms with E-state index in [-0.39, 0.29) is 0 Å². The first-order chi connectivity index (χ1) is 10.6. The van der Waals surface area contributed by atoms with Gasteiger partial charge in [0.2, 0.25) is 0 Å². The number of unbranched alkanes of at least 4 members (excludes halogenated alkanes) is 9. The lowest BCUT2D eigenvalue weighted by atomic mass is 9.98. The Bertz CT molecular complexity index is 437. The van der Waals surface area contributed by atoms with E-state index in [2.05, 4.69) is 6.92 Å². The highest BCUT2D eigenvalue weighted by Crippen LogP contribution is 2.16. The maximum Gasteiger partial charge on any atom is 0.335 e. The van der Waals surface area contributed by atoms with E-state index in [1.54, 1.807) is 6.07 Å². The summed E-state index contributed by atoms with van der Waals surface area (Å²) in [5.41, 5.74) is 2.61. The third-order valence-electron chi connectivity index (χ3n) is 4.29. The topological polar surface area (TPSA) is 37.3 Å². The molecule has 0 saturated heterocycles. The lowest BCUT2D eigenvalue weighted by molar-refractivity contribution is 0.0695. The summed E-state index contributed by atoms with van der Waals surface area (Å²) >= 11 is 0. The Balaban J connectivity index is 2.15. The minimum absolute atomic E-state index is 0.474. The molecule has 2 heteroatoms. The van der Waals surface area contributed by atoms with Gasteiger partial charge in [-0.1, -0.05) is 82.4 Å². The molecule has 0 bridgehead atoms. The standard InChI is InChI=1S/C20H32O2/c1-3-4-5-6-7-8-9-10-11-12-13-18-16-17(2)14-15-19(18)20(21)22/h14-16H,3-13H2,1-2H3,(H,21,22). The predicted molar refractivity (Wildman–Crippen MR) is 93.7 cm³/mol. The molecule has 0 atom stereocenters. The van der Waals surface area contributed by atoms with Gasteiger partial charge in [-0.15, -0.1) is 0 Å². The fourth-order valence-corrected chi connectivity index (χ4v) is 2.94. The zero-order valence-electron chi connectivity index (χ0n) is 14.4. The number of carboxylic acids is 1. The Morgan fingerprint density at radius 2 is 1.45 bits per heavy atom. The van der Waals surface area contributed by atoms with Gasteiger partial charge in [-0.25, -0.2) is 4.79 Å². The third kappa shape index (κ3) is 7.63. The van der Waals surface area contributed by atoms with Crippen molar-refractivity contribution in [3.05, 3.63) is 34.9 Å². The van der Waals surface area contributed by atoms with Crippen LogP contribution < -0.4 is 0 Å². The van der Waals surface area contributed by atoms with Crippen LogP contribution in [0.4, 0.5) is 0 Å². The van der Waals surface area contributed by atoms with E-state index in [4.69, 9.17) is 0 Å². The molecule has 1 aromatic rings. The largest absolute Gasteiger partial charge is 0.478 e. The van der Waals surface area contributed by atoms with Gasteiger partial charge in [-0.2, -0.15) is 0 Å². The smallest absolute Gasteiger partial charge is 0.335 e. The van der Waals surface area contributed by atoms with Crippen LogP contribution >= 0.6 is 0 Å². The number of hydrogen-bond acceptors (Lipinski definition) is 1. The highest BCUT2D eigenvalue weighted by Gasteiger charge is 2.09. The highest BCUT2D eigenvalue weighted by molar-refractivity contribution is 5.89. The maximum absolute atomic E-state index is 11.2. The van der Waals surface area contributed by atoms with Crippen LogP contribution in [0.5, 0.6) is 0 Å². The first-order valence-electron chi connectivity index (χ1n) is 8.98. The molecule has 124 valence electrons. The summed E-state index contributed by atoms with van der Waals surface area (Å²) in [5.74, 6) is -0.804. The van der Waals surface area contributed by atoms with Gasteiger partial charge in [0.25, 0.3) is 0 Å². The van der Waals surface area contributed by atoms with Crippen molar-refractivity contribution in [3.63, 3.8) is 0 Å². The van der Waals surface area contributed by atoms with E-state index in [1.165, 1.54) is 57.8 Å². The summed E-state index contributed by atoms with van der Waals surface area (Å²) < 4.78 is 0. The molecule has 0 unspecified atom stereocenters. The van der Waals surface area contributed by atoms with Crippen molar-refractivity contribution in [3.8, 4) is 0 Å². The number of aromatic carboxylic acids is 1. The second-order valence-electron chi connectivity index (χ2n) is 6.40. The lowest BCUT2D eigenvalue weighted by Crippen LogP contribution is -2.03. The number of benzene rings is 1. The van der Waals surface area contributed by atoms with Crippen molar-refractivity contribution in [2.24, 2.45) is 0 Å². The van der Waals surface area contributed by atoms with Gasteiger partial charge in [0.05, 0.1) is 5.56 Å². The van der Waals surface area contributed by atoms with Crippen LogP contribution in [0.3, 0.4) is 0 Å². The van der Waals surface area contributed by atoms with Gasteiger partial charge >= 0.3 is 5.97 Å². The van der Waals surface area contributed by atoms with Crippen molar-refractivity contribution < 1.29 is 9.90 Å². The summed E-state index contributed by atoms with van der Waals surface area (Å²) in [5, 5.41) is 9.22. The summed E-state index contributed by atoms with van der Waals surface area (Å²) in [7, 11) is 0. The number of carboxylic acid groups (broad SMARTS) is 1. The fourth-order valence-electron chi connectivity index (χ4n) is 2.94. The van der Waals surface area contributed by atoms with Crippen LogP contribution in [0.25, 0.3) is 0 Å². The molecule has 0 aliphatic heterocycles. The van der Waals surface area contributed by atoms with Crippen LogP contribution in [0, 0.1) is 6.92 Å². The first-order valence-corrected chi connectivity index (χ1v) is 8.98. The van der Waals surface area contributed by atoms with Crippen LogP contribution in [0.2, 0.25) is 0 Å². The molecule has 0 fully saturated rings. The van der Waals surface area contributed by atoms with Crippen LogP contribution in [-0.2, 0) is 6.42 Å². The normalized spacial score (nSPS) is 10.8. The van der Waals surface area contributed by atoms with Gasteiger partial charge < -0.3 is 5.11 Å². The molecule has 0 aliphatic carbocycles. The molecule has 22 heavy (non-hydrogen) atoms. The molecule has 0 spiro atoms. The quantitative estimate of drug-likeness (QED) is 0.470. The van der Waals surface area contributed by atoms with Gasteiger partial charge in [-0.3, -0.25) is 0 Å². The number of aryl methyl sites for hydroxylation is 2. The SMILES string of the molecule is CCCCCCCCCCCCc1cc(C)ccc1C(=O)O. The van der Waals surface area contributed by atoms with Crippen LogP contribution in [-0.4, -0.2) is 11.1 Å². The molecule has 0 aromatic heterocycles. The minimum atomic E-state index is -0.804. The average Bonchev–Trinajstić information content (AvgIpc) is 2.49. The number of carbonyl (C=O) groups is 1. The Labute approximate surface area is 135 Å². The van der Waals surface area contributed by atoms with Gasteiger partial charge in [0, 0.05) is 0 Å². The average molecular weight is 304 g/mol. The molecule has 0 saturated carbocycles. The Kier molecular flexibility index (Phi) is 9.61. The molecule has 1 rings (SSSR count). The summed E-state index contributed by atoms with van der Waals surface area (Å²) in [6.07, 6.45) is 14.0. The summed E-state index contributed by atoms with van der Waals surface area (Å²) in [4.78, 5) is 11.2. The summed E-state index contributed by atoms with van der Waals surface area (Å²) in [6.45, 7) is 4.28. The molecule has 1 aromatic carbocycles. The zero-order valence-corrected chi connectivity index (χ0v) is 14.4. The highest BCUT2D eigenvalue weighted by atomic mass is 16.4. The van der Waals surface area contributed by atoms with Crippen LogP contribution in [0.15, 0.2) is 18.2 Å². The third-order valence-corrected chi connectivity index (χ3v) is 4.29. The monoisotopic (exact) mass is 304 g/mol. The minimum Gasteiger partial charge on any atom is -0.478 e. The second kappa shape index (κ2) is 11.3. The zero-order chi connectivity index (χ0) is 16.2. The van der Waals surface area contributed by atoms with E-state index in [0.29, 0.717) is 5.56 Å². The molecular formula is C20H32O2. The molecule has 0 aliphatic rings. The molecule has 2 nitrogen and oxygen atoms in total. The van der Waals surface area contributed by atoms with E-state index >= 15 is 0 Å².